The van der Waals surface area contributed by atoms with Crippen LogP contribution in [0.5, 0.6) is 0 Å². The maximum atomic E-state index is 13.3. The van der Waals surface area contributed by atoms with E-state index < -0.39 is 29.6 Å². The van der Waals surface area contributed by atoms with Gasteiger partial charge in [-0.05, 0) is 23.8 Å². The fourth-order valence-corrected chi connectivity index (χ4v) is 4.92. The van der Waals surface area contributed by atoms with Crippen molar-refractivity contribution >= 4 is 40.7 Å². The molecule has 0 amide bonds. The summed E-state index contributed by atoms with van der Waals surface area (Å²) in [4.78, 5) is 31.6. The molecular formula is C30H26ClF3N6O4. The summed E-state index contributed by atoms with van der Waals surface area (Å²) in [7, 11) is 2.31. The Hall–Kier alpha value is -5.22. The predicted molar refractivity (Wildman–Crippen MR) is 157 cm³/mol. The van der Waals surface area contributed by atoms with Crippen LogP contribution in [-0.4, -0.2) is 44.2 Å². The van der Waals surface area contributed by atoms with Gasteiger partial charge in [0.05, 0.1) is 59.3 Å². The third-order valence-electron chi connectivity index (χ3n) is 6.66. The molecule has 1 atom stereocenters. The Morgan fingerprint density at radius 1 is 1.05 bits per heavy atom. The number of benzene rings is 2. The molecule has 14 heteroatoms. The van der Waals surface area contributed by atoms with Crippen LogP contribution in [0.3, 0.4) is 0 Å². The lowest BCUT2D eigenvalue weighted by Crippen LogP contribution is -2.41. The summed E-state index contributed by atoms with van der Waals surface area (Å²) in [5, 5.41) is 16.1. The second-order valence-corrected chi connectivity index (χ2v) is 9.67. The highest BCUT2D eigenvalue weighted by Crippen LogP contribution is 2.44. The number of nitriles is 1. The summed E-state index contributed by atoms with van der Waals surface area (Å²) in [5.74, 6) is -2.83. The van der Waals surface area contributed by atoms with Crippen molar-refractivity contribution in [3.8, 4) is 6.07 Å². The summed E-state index contributed by atoms with van der Waals surface area (Å²) in [6, 6.07) is 18.1. The van der Waals surface area contributed by atoms with Crippen LogP contribution >= 0.6 is 11.6 Å². The maximum absolute atomic E-state index is 13.3. The summed E-state index contributed by atoms with van der Waals surface area (Å²) in [6.45, 7) is 0.372. The van der Waals surface area contributed by atoms with Crippen molar-refractivity contribution < 1.29 is 32.2 Å². The number of carbonyl (C=O) groups is 2. The van der Waals surface area contributed by atoms with Crippen molar-refractivity contribution in [2.75, 3.05) is 42.8 Å². The Bertz CT molecular complexity index is 1670. The topological polar surface area (TPSA) is 143 Å². The highest BCUT2D eigenvalue weighted by molar-refractivity contribution is 6.33. The fourth-order valence-electron chi connectivity index (χ4n) is 4.68. The molecular weight excluding hydrogens is 601 g/mol. The Morgan fingerprint density at radius 2 is 1.68 bits per heavy atom. The van der Waals surface area contributed by atoms with Crippen molar-refractivity contribution in [1.82, 2.24) is 4.98 Å². The first-order chi connectivity index (χ1) is 21.0. The van der Waals surface area contributed by atoms with Crippen LogP contribution < -0.4 is 21.3 Å². The van der Waals surface area contributed by atoms with Crippen LogP contribution in [0.2, 0.25) is 5.02 Å². The van der Waals surface area contributed by atoms with Gasteiger partial charge in [0.1, 0.15) is 17.3 Å². The summed E-state index contributed by atoms with van der Waals surface area (Å²) >= 11 is 5.98. The average molecular weight is 627 g/mol. The van der Waals surface area contributed by atoms with E-state index in [9.17, 15) is 28.0 Å². The predicted octanol–water partition coefficient (Wildman–Crippen LogP) is 5.18. The van der Waals surface area contributed by atoms with E-state index >= 15 is 0 Å². The molecule has 2 heterocycles. The zero-order chi connectivity index (χ0) is 32.0. The third kappa shape index (κ3) is 6.40. The number of nitrogens with zero attached hydrogens (tertiary/aromatic N) is 3. The Morgan fingerprint density at radius 3 is 2.30 bits per heavy atom. The van der Waals surface area contributed by atoms with Crippen molar-refractivity contribution in [3.63, 3.8) is 0 Å². The lowest BCUT2D eigenvalue weighted by atomic mass is 9.81. The second kappa shape index (κ2) is 13.4. The maximum Gasteiger partial charge on any atom is 0.417 e. The van der Waals surface area contributed by atoms with Gasteiger partial charge in [0, 0.05) is 19.3 Å². The van der Waals surface area contributed by atoms with Crippen LogP contribution in [0.1, 0.15) is 17.0 Å². The fraction of sp³-hybridized carbons (Fsp3) is 0.200. The molecule has 0 fully saturated rings. The monoisotopic (exact) mass is 626 g/mol. The van der Waals surface area contributed by atoms with Gasteiger partial charge < -0.3 is 25.8 Å². The van der Waals surface area contributed by atoms with Gasteiger partial charge in [0.15, 0.2) is 0 Å². The van der Waals surface area contributed by atoms with Gasteiger partial charge in [-0.15, -0.1) is 0 Å². The molecule has 1 aromatic heterocycles. The smallest absolute Gasteiger partial charge is 0.417 e. The number of alkyl halides is 3. The Kier molecular flexibility index (Phi) is 9.65. The lowest BCUT2D eigenvalue weighted by molar-refractivity contribution is -0.139. The van der Waals surface area contributed by atoms with E-state index in [2.05, 4.69) is 21.7 Å². The molecule has 0 bridgehead atoms. The number of rotatable bonds is 9. The molecule has 4 N–H and O–H groups in total. The molecule has 2 aromatic carbocycles. The molecule has 0 radical (unpaired) electrons. The first kappa shape index (κ1) is 31.7. The van der Waals surface area contributed by atoms with Gasteiger partial charge in [0.2, 0.25) is 0 Å². The number of nitrogens with one attached hydrogen (secondary N) is 2. The molecule has 1 unspecified atom stereocenters. The van der Waals surface area contributed by atoms with Crippen LogP contribution in [0.25, 0.3) is 0 Å². The van der Waals surface area contributed by atoms with Gasteiger partial charge >= 0.3 is 18.1 Å². The normalized spacial score (nSPS) is 15.0. The van der Waals surface area contributed by atoms with E-state index in [1.807, 2.05) is 0 Å². The number of allylic oxidation sites excluding steroid dienone is 1. The minimum Gasteiger partial charge on any atom is -0.466 e. The third-order valence-corrected chi connectivity index (χ3v) is 6.94. The highest BCUT2D eigenvalue weighted by Gasteiger charge is 2.43. The van der Waals surface area contributed by atoms with Crippen LogP contribution in [0.15, 0.2) is 89.5 Å². The molecule has 1 aliphatic heterocycles. The summed E-state index contributed by atoms with van der Waals surface area (Å²) < 4.78 is 48.9. The van der Waals surface area contributed by atoms with Crippen LogP contribution in [0.4, 0.5) is 30.4 Å². The van der Waals surface area contributed by atoms with Gasteiger partial charge in [-0.1, -0.05) is 54.1 Å². The second-order valence-electron chi connectivity index (χ2n) is 9.26. The minimum atomic E-state index is -4.58. The van der Waals surface area contributed by atoms with Crippen molar-refractivity contribution in [1.29, 1.82) is 5.26 Å². The molecule has 44 heavy (non-hydrogen) atoms. The Balaban J connectivity index is 1.71. The van der Waals surface area contributed by atoms with E-state index in [1.165, 1.54) is 4.90 Å². The highest BCUT2D eigenvalue weighted by atomic mass is 35.5. The number of ether oxygens (including phenoxy) is 2. The number of esters is 2. The lowest BCUT2D eigenvalue weighted by Gasteiger charge is -2.36. The number of nitrogens with two attached hydrogens (primary N) is 1. The molecule has 10 nitrogen and oxygen atoms in total. The van der Waals surface area contributed by atoms with Gasteiger partial charge in [-0.3, -0.25) is 4.90 Å². The molecule has 0 aliphatic carbocycles. The van der Waals surface area contributed by atoms with Crippen LogP contribution in [-0.2, 0) is 25.2 Å². The zero-order valence-corrected chi connectivity index (χ0v) is 24.2. The van der Waals surface area contributed by atoms with Gasteiger partial charge in [-0.25, -0.2) is 14.6 Å². The number of halogens is 4. The number of carbonyl (C=O) groups excluding carboxylic acids is 2. The molecule has 0 saturated heterocycles. The van der Waals surface area contributed by atoms with E-state index in [0.29, 0.717) is 23.1 Å². The van der Waals surface area contributed by atoms with Crippen LogP contribution in [0, 0.1) is 11.3 Å². The molecule has 0 saturated carbocycles. The molecule has 3 aromatic rings. The van der Waals surface area contributed by atoms with Crippen molar-refractivity contribution in [2.24, 2.45) is 5.73 Å². The minimum absolute atomic E-state index is 0.00347. The molecule has 4 rings (SSSR count). The zero-order valence-electron chi connectivity index (χ0n) is 23.4. The van der Waals surface area contributed by atoms with Gasteiger partial charge in [0.25, 0.3) is 0 Å². The SMILES string of the molecule is COC(=O)C1=C(C(=O)OC)N(c2ccccc2NCCNc2ncc(C(F)(F)F)cc2Cl)C(N)=C(C#N)C1c1ccccc1. The van der Waals surface area contributed by atoms with E-state index in [-0.39, 0.29) is 46.6 Å². The number of hydrogen-bond donors (Lipinski definition) is 3. The number of aromatic nitrogens is 1. The number of methoxy groups -OCH3 is 2. The van der Waals surface area contributed by atoms with Gasteiger partial charge in [-0.2, -0.15) is 18.4 Å². The number of para-hydroxylation sites is 2. The van der Waals surface area contributed by atoms with Crippen molar-refractivity contribution in [2.45, 2.75) is 12.1 Å². The number of hydrogen-bond acceptors (Lipinski definition) is 10. The van der Waals surface area contributed by atoms with E-state index in [4.69, 9.17) is 26.8 Å². The standard InChI is InChI=1S/C30H26ClF3N6O4/c1-43-28(41)24-23(17-8-4-3-5-9-17)19(15-35)26(36)40(25(24)29(42)44-2)22-11-7-6-10-21(22)37-12-13-38-27-20(31)14-18(16-39-27)30(32,33)34/h3-11,14,16,23,37H,12-13,36H2,1-2H3,(H,38,39). The average Bonchev–Trinajstić information content (AvgIpc) is 3.02. The molecule has 0 spiro atoms. The largest absolute Gasteiger partial charge is 0.466 e. The van der Waals surface area contributed by atoms with E-state index in [1.54, 1.807) is 54.6 Å². The molecule has 228 valence electrons. The quantitative estimate of drug-likeness (QED) is 0.215. The summed E-state index contributed by atoms with van der Waals surface area (Å²) in [5.41, 5.74) is 6.50. The first-order valence-corrected chi connectivity index (χ1v) is 13.4. The first-order valence-electron chi connectivity index (χ1n) is 13.0. The van der Waals surface area contributed by atoms with E-state index in [0.717, 1.165) is 20.3 Å². The Labute approximate surface area is 255 Å². The molecule has 1 aliphatic rings. The van der Waals surface area contributed by atoms with Crippen molar-refractivity contribution in [3.05, 3.63) is 106 Å². The number of anilines is 3. The summed E-state index contributed by atoms with van der Waals surface area (Å²) in [6.07, 6.45) is -3.90. The number of pyridine rings is 1.